The maximum atomic E-state index is 13.8. The summed E-state index contributed by atoms with van der Waals surface area (Å²) in [4.78, 5) is 22.9. The van der Waals surface area contributed by atoms with Gasteiger partial charge in [-0.25, -0.2) is 4.98 Å². The summed E-state index contributed by atoms with van der Waals surface area (Å²) in [5, 5.41) is 17.0. The fourth-order valence-corrected chi connectivity index (χ4v) is 6.29. The van der Waals surface area contributed by atoms with Crippen molar-refractivity contribution in [2.45, 2.75) is 59.7 Å². The number of morpholine rings is 1. The van der Waals surface area contributed by atoms with Crippen LogP contribution < -0.4 is 15.5 Å². The molecule has 2 aromatic carbocycles. The van der Waals surface area contributed by atoms with Crippen molar-refractivity contribution in [2.75, 3.05) is 50.8 Å². The molecule has 0 saturated carbocycles. The Morgan fingerprint density at radius 3 is 2.45 bits per heavy atom. The zero-order valence-corrected chi connectivity index (χ0v) is 25.5. The monoisotopic (exact) mass is 571 g/mol. The Morgan fingerprint density at radius 2 is 1.79 bits per heavy atom. The minimum absolute atomic E-state index is 0.0285. The maximum absolute atomic E-state index is 13.8. The average Bonchev–Trinajstić information content (AvgIpc) is 2.99. The van der Waals surface area contributed by atoms with E-state index >= 15 is 0 Å². The Morgan fingerprint density at radius 1 is 1.07 bits per heavy atom. The highest BCUT2D eigenvalue weighted by atomic mass is 16.5. The van der Waals surface area contributed by atoms with E-state index in [0.717, 1.165) is 99.0 Å². The average molecular weight is 572 g/mol. The molecule has 0 aliphatic carbocycles. The van der Waals surface area contributed by atoms with Crippen LogP contribution in [0.3, 0.4) is 0 Å². The van der Waals surface area contributed by atoms with Crippen LogP contribution in [0.4, 0.5) is 5.69 Å². The molecule has 0 unspecified atom stereocenters. The number of ether oxygens (including phenoxy) is 1. The minimum Gasteiger partial charge on any atom is -0.493 e. The number of aromatic hydroxyl groups is 1. The van der Waals surface area contributed by atoms with Gasteiger partial charge < -0.3 is 25.4 Å². The lowest BCUT2D eigenvalue weighted by Crippen LogP contribution is -2.43. The lowest BCUT2D eigenvalue weighted by Gasteiger charge is -2.37. The molecular formula is C34H45N5O3. The van der Waals surface area contributed by atoms with Crippen molar-refractivity contribution < 1.29 is 14.6 Å². The van der Waals surface area contributed by atoms with Gasteiger partial charge >= 0.3 is 0 Å². The number of amides is 1. The second kappa shape index (κ2) is 13.7. The molecule has 224 valence electrons. The molecule has 2 fully saturated rings. The van der Waals surface area contributed by atoms with E-state index in [1.165, 1.54) is 5.56 Å². The summed E-state index contributed by atoms with van der Waals surface area (Å²) in [5.74, 6) is -0.181. The standard InChI is InChI=1S/C34H45N5O3/c1-5-39(29-10-12-35-13-11-29)32-20-28(27-8-6-26(7-9-27)22-38-14-16-42-17-15-38)19-30(25(32)4)33(40)36-21-31-23(2)18-24(3)37-34(31)41/h6-9,18-20,29,35H,5,10-17,21-22H2,1-4H3,(H,36,40)(H,37,41). The van der Waals surface area contributed by atoms with E-state index in [1.54, 1.807) is 0 Å². The molecule has 8 heteroatoms. The van der Waals surface area contributed by atoms with Crippen molar-refractivity contribution in [3.8, 4) is 17.0 Å². The molecule has 1 amide bonds. The van der Waals surface area contributed by atoms with Crippen LogP contribution in [-0.4, -0.2) is 72.9 Å². The molecule has 0 atom stereocenters. The number of piperidine rings is 1. The van der Waals surface area contributed by atoms with E-state index in [1.807, 2.05) is 26.0 Å². The predicted molar refractivity (Wildman–Crippen MR) is 168 cm³/mol. The van der Waals surface area contributed by atoms with Gasteiger partial charge in [-0.05, 0) is 99.6 Å². The maximum Gasteiger partial charge on any atom is 0.251 e. The number of benzene rings is 2. The Kier molecular flexibility index (Phi) is 9.77. The van der Waals surface area contributed by atoms with Gasteiger partial charge in [0.2, 0.25) is 5.88 Å². The molecule has 3 aromatic rings. The number of nitrogens with one attached hydrogen (secondary N) is 2. The van der Waals surface area contributed by atoms with Crippen LogP contribution >= 0.6 is 0 Å². The van der Waals surface area contributed by atoms with Crippen LogP contribution in [0, 0.1) is 20.8 Å². The Hall–Kier alpha value is -3.46. The van der Waals surface area contributed by atoms with E-state index < -0.39 is 0 Å². The first-order valence-electron chi connectivity index (χ1n) is 15.3. The van der Waals surface area contributed by atoms with E-state index in [9.17, 15) is 9.90 Å². The van der Waals surface area contributed by atoms with E-state index in [2.05, 4.69) is 69.6 Å². The molecule has 3 heterocycles. The zero-order valence-electron chi connectivity index (χ0n) is 25.5. The fourth-order valence-electron chi connectivity index (χ4n) is 6.29. The third-order valence-electron chi connectivity index (χ3n) is 8.70. The van der Waals surface area contributed by atoms with E-state index in [0.29, 0.717) is 17.2 Å². The highest BCUT2D eigenvalue weighted by Crippen LogP contribution is 2.34. The summed E-state index contributed by atoms with van der Waals surface area (Å²) in [7, 11) is 0. The number of aromatic nitrogens is 1. The van der Waals surface area contributed by atoms with Gasteiger partial charge in [0.15, 0.2) is 0 Å². The number of carbonyl (C=O) groups is 1. The fraction of sp³-hybridized carbons (Fsp3) is 0.471. The summed E-state index contributed by atoms with van der Waals surface area (Å²) in [6, 6.07) is 15.4. The van der Waals surface area contributed by atoms with Crippen molar-refractivity contribution >= 4 is 11.6 Å². The summed E-state index contributed by atoms with van der Waals surface area (Å²) in [5.41, 5.74) is 8.44. The molecule has 5 rings (SSSR count). The minimum atomic E-state index is -0.153. The molecule has 8 nitrogen and oxygen atoms in total. The molecule has 0 radical (unpaired) electrons. The number of rotatable bonds is 9. The summed E-state index contributed by atoms with van der Waals surface area (Å²) in [6.07, 6.45) is 2.16. The van der Waals surface area contributed by atoms with Gasteiger partial charge in [-0.2, -0.15) is 0 Å². The van der Waals surface area contributed by atoms with Gasteiger partial charge in [-0.1, -0.05) is 24.3 Å². The quantitative estimate of drug-likeness (QED) is 0.343. The van der Waals surface area contributed by atoms with Crippen molar-refractivity contribution in [2.24, 2.45) is 0 Å². The largest absolute Gasteiger partial charge is 0.493 e. The van der Waals surface area contributed by atoms with Crippen molar-refractivity contribution in [1.82, 2.24) is 20.5 Å². The highest BCUT2D eigenvalue weighted by Gasteiger charge is 2.25. The van der Waals surface area contributed by atoms with Crippen LogP contribution in [0.2, 0.25) is 0 Å². The zero-order chi connectivity index (χ0) is 29.6. The second-order valence-electron chi connectivity index (χ2n) is 11.6. The smallest absolute Gasteiger partial charge is 0.251 e. The van der Waals surface area contributed by atoms with Crippen molar-refractivity contribution in [3.63, 3.8) is 0 Å². The van der Waals surface area contributed by atoms with Crippen molar-refractivity contribution in [3.05, 3.63) is 76.0 Å². The Balaban J connectivity index is 1.46. The third-order valence-corrected chi connectivity index (χ3v) is 8.70. The molecule has 42 heavy (non-hydrogen) atoms. The Labute approximate surface area is 250 Å². The molecule has 2 aliphatic rings. The number of nitrogens with zero attached hydrogens (tertiary/aromatic N) is 3. The first kappa shape index (κ1) is 30.0. The predicted octanol–water partition coefficient (Wildman–Crippen LogP) is 4.72. The topological polar surface area (TPSA) is 90.0 Å². The first-order valence-corrected chi connectivity index (χ1v) is 15.3. The highest BCUT2D eigenvalue weighted by molar-refractivity contribution is 5.99. The normalized spacial score (nSPS) is 16.4. The van der Waals surface area contributed by atoms with Gasteiger partial charge in [0.1, 0.15) is 0 Å². The summed E-state index contributed by atoms with van der Waals surface area (Å²) in [6.45, 7) is 15.5. The van der Waals surface area contributed by atoms with Gasteiger partial charge in [0.05, 0.1) is 13.2 Å². The number of hydrogen-bond donors (Lipinski definition) is 3. The molecule has 0 spiro atoms. The number of aryl methyl sites for hydroxylation is 2. The Bertz CT molecular complexity index is 1360. The molecular weight excluding hydrogens is 526 g/mol. The molecule has 2 saturated heterocycles. The summed E-state index contributed by atoms with van der Waals surface area (Å²) >= 11 is 0. The van der Waals surface area contributed by atoms with E-state index in [4.69, 9.17) is 4.74 Å². The number of hydrogen-bond acceptors (Lipinski definition) is 7. The van der Waals surface area contributed by atoms with E-state index in [-0.39, 0.29) is 18.3 Å². The molecule has 1 aromatic heterocycles. The number of pyridine rings is 1. The molecule has 2 aliphatic heterocycles. The third kappa shape index (κ3) is 6.94. The molecule has 3 N–H and O–H groups in total. The number of anilines is 1. The summed E-state index contributed by atoms with van der Waals surface area (Å²) < 4.78 is 5.50. The van der Waals surface area contributed by atoms with Crippen LogP contribution in [0.5, 0.6) is 5.88 Å². The van der Waals surface area contributed by atoms with Gasteiger partial charge in [0.25, 0.3) is 5.91 Å². The molecule has 0 bridgehead atoms. The SMILES string of the molecule is CCN(c1cc(-c2ccc(CN3CCOCC3)cc2)cc(C(=O)NCc2c(C)cc(C)nc2O)c1C)C1CCNCC1. The van der Waals surface area contributed by atoms with Crippen LogP contribution in [0.1, 0.15) is 58.1 Å². The second-order valence-corrected chi connectivity index (χ2v) is 11.6. The van der Waals surface area contributed by atoms with Gasteiger partial charge in [0, 0.05) is 61.3 Å². The first-order chi connectivity index (χ1) is 20.3. The van der Waals surface area contributed by atoms with Crippen molar-refractivity contribution in [1.29, 1.82) is 0 Å². The van der Waals surface area contributed by atoms with Gasteiger partial charge in [-0.15, -0.1) is 0 Å². The van der Waals surface area contributed by atoms with Crippen LogP contribution in [-0.2, 0) is 17.8 Å². The van der Waals surface area contributed by atoms with Crippen LogP contribution in [0.25, 0.3) is 11.1 Å². The lowest BCUT2D eigenvalue weighted by molar-refractivity contribution is 0.0342. The number of carbonyl (C=O) groups excluding carboxylic acids is 1. The van der Waals surface area contributed by atoms with Gasteiger partial charge in [-0.3, -0.25) is 9.69 Å². The van der Waals surface area contributed by atoms with Crippen LogP contribution in [0.15, 0.2) is 42.5 Å². The lowest BCUT2D eigenvalue weighted by atomic mass is 9.94.